The average Bonchev–Trinajstić information content (AvgIpc) is 3.22. The second-order valence-corrected chi connectivity index (χ2v) is 13.4. The van der Waals surface area contributed by atoms with Gasteiger partial charge in [-0.25, -0.2) is 4.79 Å². The van der Waals surface area contributed by atoms with Crippen molar-refractivity contribution in [2.24, 2.45) is 0 Å². The Morgan fingerprint density at radius 3 is 1.95 bits per heavy atom. The molecule has 4 amide bonds. The van der Waals surface area contributed by atoms with Gasteiger partial charge in [0, 0.05) is 42.9 Å². The summed E-state index contributed by atoms with van der Waals surface area (Å²) in [5.74, 6) is -3.53. The minimum atomic E-state index is -1.32. The molecule has 13 heteroatoms. The Balaban J connectivity index is 1.33. The normalized spacial score (nSPS) is 19.5. The lowest BCUT2D eigenvalue weighted by Crippen LogP contribution is -2.59. The van der Waals surface area contributed by atoms with Gasteiger partial charge in [-0.3, -0.25) is 29.1 Å². The molecule has 2 aromatic heterocycles. The number of carboxylic acid groups (broad SMARTS) is 1. The number of rotatable bonds is 9. The fourth-order valence-electron chi connectivity index (χ4n) is 6.31. The zero-order valence-corrected chi connectivity index (χ0v) is 30.5. The molecule has 0 saturated carbocycles. The smallest absolute Gasteiger partial charge is 0.326 e. The van der Waals surface area contributed by atoms with Crippen molar-refractivity contribution in [1.82, 2.24) is 31.2 Å². The van der Waals surface area contributed by atoms with E-state index in [0.29, 0.717) is 29.0 Å². The van der Waals surface area contributed by atoms with Crippen LogP contribution in [0.4, 0.5) is 0 Å². The molecule has 0 aliphatic carbocycles. The monoisotopic (exact) mass is 754 g/mol. The lowest BCUT2D eigenvalue weighted by molar-refractivity contribution is -0.142. The minimum Gasteiger partial charge on any atom is -0.484 e. The summed E-state index contributed by atoms with van der Waals surface area (Å²) in [5, 5.41) is 21.1. The van der Waals surface area contributed by atoms with Crippen molar-refractivity contribution in [3.8, 4) is 17.0 Å². The Labute approximate surface area is 323 Å². The summed E-state index contributed by atoms with van der Waals surface area (Å²) in [7, 11) is 0. The highest BCUT2D eigenvalue weighted by Gasteiger charge is 2.32. The summed E-state index contributed by atoms with van der Waals surface area (Å²) in [5.41, 5.74) is 4.34. The number of nitrogens with zero attached hydrogens (tertiary/aromatic N) is 2. The van der Waals surface area contributed by atoms with Crippen molar-refractivity contribution in [3.05, 3.63) is 150 Å². The number of hydrogen-bond donors (Lipinski definition) is 5. The van der Waals surface area contributed by atoms with Gasteiger partial charge in [-0.15, -0.1) is 0 Å². The lowest BCUT2D eigenvalue weighted by Gasteiger charge is -2.26. The first-order valence-electron chi connectivity index (χ1n) is 18.3. The predicted molar refractivity (Wildman–Crippen MR) is 207 cm³/mol. The molecule has 3 aromatic carbocycles. The predicted octanol–water partition coefficient (Wildman–Crippen LogP) is 3.22. The SMILES string of the molecule is O=C1COc2ccc(cc2)C[C@@H](C(=O)O)NC(=O)[C@H](CCc2ccccc2)NC(=O)[C@@H](Cc2ccc(-c3ccccn3)cc2)NC(=O)[C@H](Cc2ccccn2)N1. The zero-order chi connectivity index (χ0) is 39.3. The largest absolute Gasteiger partial charge is 0.484 e. The van der Waals surface area contributed by atoms with E-state index in [0.717, 1.165) is 16.8 Å². The van der Waals surface area contributed by atoms with Gasteiger partial charge in [0.25, 0.3) is 5.91 Å². The van der Waals surface area contributed by atoms with E-state index in [2.05, 4.69) is 31.2 Å². The molecule has 0 spiro atoms. The molecule has 7 rings (SSSR count). The van der Waals surface area contributed by atoms with E-state index in [-0.39, 0.29) is 25.7 Å². The van der Waals surface area contributed by atoms with Crippen LogP contribution in [0, 0.1) is 0 Å². The highest BCUT2D eigenvalue weighted by Crippen LogP contribution is 2.19. The van der Waals surface area contributed by atoms with Crippen LogP contribution in [0.25, 0.3) is 11.3 Å². The molecule has 56 heavy (non-hydrogen) atoms. The van der Waals surface area contributed by atoms with Crippen LogP contribution in [-0.2, 0) is 49.7 Å². The number of carbonyl (C=O) groups is 5. The fraction of sp³-hybridized carbons (Fsp3) is 0.233. The van der Waals surface area contributed by atoms with Crippen LogP contribution in [0.3, 0.4) is 0 Å². The van der Waals surface area contributed by atoms with Crippen molar-refractivity contribution in [2.75, 3.05) is 6.61 Å². The highest BCUT2D eigenvalue weighted by molar-refractivity contribution is 5.95. The number of fused-ring (bicyclic) bond motifs is 16. The molecule has 4 heterocycles. The van der Waals surface area contributed by atoms with E-state index >= 15 is 0 Å². The molecule has 2 aliphatic rings. The quantitative estimate of drug-likeness (QED) is 0.141. The number of hydrogen-bond acceptors (Lipinski definition) is 8. The van der Waals surface area contributed by atoms with Crippen LogP contribution < -0.4 is 26.0 Å². The molecule has 0 fully saturated rings. The Morgan fingerprint density at radius 2 is 1.29 bits per heavy atom. The molecule has 4 atom stereocenters. The first-order chi connectivity index (χ1) is 27.2. The Kier molecular flexibility index (Phi) is 13.1. The summed E-state index contributed by atoms with van der Waals surface area (Å²) in [6, 6.07) is 29.1. The second kappa shape index (κ2) is 18.9. The van der Waals surface area contributed by atoms with Crippen molar-refractivity contribution >= 4 is 29.6 Å². The molecule has 0 unspecified atom stereocenters. The van der Waals surface area contributed by atoms with Gasteiger partial charge in [0.2, 0.25) is 17.7 Å². The molecule has 286 valence electrons. The van der Waals surface area contributed by atoms with Crippen molar-refractivity contribution < 1.29 is 33.8 Å². The van der Waals surface area contributed by atoms with Crippen molar-refractivity contribution in [1.29, 1.82) is 0 Å². The number of carboxylic acids is 1. The average molecular weight is 755 g/mol. The van der Waals surface area contributed by atoms with E-state index in [1.807, 2.05) is 72.8 Å². The third kappa shape index (κ3) is 11.1. The molecule has 2 bridgehead atoms. The maximum Gasteiger partial charge on any atom is 0.326 e. The van der Waals surface area contributed by atoms with Gasteiger partial charge >= 0.3 is 5.97 Å². The number of amides is 4. The third-order valence-electron chi connectivity index (χ3n) is 9.32. The summed E-state index contributed by atoms with van der Waals surface area (Å²) in [6.07, 6.45) is 3.78. The molecule has 0 saturated heterocycles. The Bertz CT molecular complexity index is 2100. The summed E-state index contributed by atoms with van der Waals surface area (Å²) >= 11 is 0. The number of pyridine rings is 2. The van der Waals surface area contributed by atoms with Crippen LogP contribution in [0.5, 0.6) is 5.75 Å². The van der Waals surface area contributed by atoms with Crippen LogP contribution in [-0.4, -0.2) is 75.4 Å². The number of aryl methyl sites for hydroxylation is 1. The lowest BCUT2D eigenvalue weighted by atomic mass is 9.99. The van der Waals surface area contributed by atoms with Crippen LogP contribution in [0.15, 0.2) is 128 Å². The van der Waals surface area contributed by atoms with Gasteiger partial charge in [-0.2, -0.15) is 0 Å². The summed E-state index contributed by atoms with van der Waals surface area (Å²) in [4.78, 5) is 76.7. The maximum absolute atomic E-state index is 14.3. The van der Waals surface area contributed by atoms with E-state index in [9.17, 15) is 29.1 Å². The number of nitrogens with one attached hydrogen (secondary N) is 4. The van der Waals surface area contributed by atoms with E-state index < -0.39 is 60.4 Å². The molecule has 0 radical (unpaired) electrons. The van der Waals surface area contributed by atoms with Gasteiger partial charge in [0.15, 0.2) is 6.61 Å². The molecular formula is C43H42N6O7. The van der Waals surface area contributed by atoms with E-state index in [4.69, 9.17) is 4.74 Å². The van der Waals surface area contributed by atoms with Crippen LogP contribution in [0.1, 0.15) is 28.8 Å². The summed E-state index contributed by atoms with van der Waals surface area (Å²) < 4.78 is 5.68. The maximum atomic E-state index is 14.3. The van der Waals surface area contributed by atoms with Crippen molar-refractivity contribution in [3.63, 3.8) is 0 Å². The topological polar surface area (TPSA) is 189 Å². The van der Waals surface area contributed by atoms with Gasteiger partial charge in [-0.05, 0) is 65.9 Å². The number of benzene rings is 3. The first kappa shape index (κ1) is 38.8. The standard InChI is InChI=1S/C43H42N6O7/c50-39-27-56-33-19-14-30(15-20-33)25-38(43(54)55)49-40(51)35(21-16-28-8-2-1-3-9-28)47-41(52)36(48-42(53)37(46-39)26-32-10-4-6-22-44-32)24-29-12-17-31(18-13-29)34-11-5-7-23-45-34/h1-15,17-20,22-23,35-38H,16,21,24-27H2,(H,46,50)(H,47,52)(H,48,53)(H,49,51)(H,54,55)/t35-,36+,37-,38-/m0/s1. The Hall–Kier alpha value is -6.89. The zero-order valence-electron chi connectivity index (χ0n) is 30.5. The Morgan fingerprint density at radius 1 is 0.643 bits per heavy atom. The minimum absolute atomic E-state index is 0.0128. The molecule has 5 N–H and O–H groups in total. The highest BCUT2D eigenvalue weighted by atomic mass is 16.5. The van der Waals surface area contributed by atoms with Gasteiger partial charge in [0.05, 0.1) is 5.69 Å². The van der Waals surface area contributed by atoms with Gasteiger partial charge in [-0.1, -0.05) is 78.9 Å². The number of ether oxygens (including phenoxy) is 1. The molecule has 13 nitrogen and oxygen atoms in total. The van der Waals surface area contributed by atoms with E-state index in [1.54, 1.807) is 54.9 Å². The van der Waals surface area contributed by atoms with Crippen LogP contribution >= 0.6 is 0 Å². The third-order valence-corrected chi connectivity index (χ3v) is 9.32. The van der Waals surface area contributed by atoms with Gasteiger partial charge in [0.1, 0.15) is 29.9 Å². The molecule has 2 aliphatic heterocycles. The van der Waals surface area contributed by atoms with Crippen molar-refractivity contribution in [2.45, 2.75) is 56.3 Å². The van der Waals surface area contributed by atoms with Gasteiger partial charge < -0.3 is 31.1 Å². The summed E-state index contributed by atoms with van der Waals surface area (Å²) in [6.45, 7) is -0.422. The molecular weight excluding hydrogens is 713 g/mol. The number of aliphatic carboxylic acids is 1. The van der Waals surface area contributed by atoms with E-state index in [1.165, 1.54) is 0 Å². The number of aromatic nitrogens is 2. The molecule has 5 aromatic rings. The number of carbonyl (C=O) groups excluding carboxylic acids is 4. The van der Waals surface area contributed by atoms with Crippen LogP contribution in [0.2, 0.25) is 0 Å². The first-order valence-corrected chi connectivity index (χ1v) is 18.3. The second-order valence-electron chi connectivity index (χ2n) is 13.4. The fourth-order valence-corrected chi connectivity index (χ4v) is 6.31.